The highest BCUT2D eigenvalue weighted by Crippen LogP contribution is 2.47. The zero-order valence-electron chi connectivity index (χ0n) is 22.8. The van der Waals surface area contributed by atoms with Crippen molar-refractivity contribution in [1.29, 1.82) is 0 Å². The predicted octanol–water partition coefficient (Wildman–Crippen LogP) is 8.65. The van der Waals surface area contributed by atoms with E-state index in [-0.39, 0.29) is 6.71 Å². The first kappa shape index (κ1) is 23.6. The van der Waals surface area contributed by atoms with Crippen molar-refractivity contribution in [3.05, 3.63) is 152 Å². The molecule has 3 heterocycles. The number of anilines is 6. The van der Waals surface area contributed by atoms with Crippen LogP contribution in [0.1, 0.15) is 0 Å². The summed E-state index contributed by atoms with van der Waals surface area (Å²) in [5, 5.41) is 1.31. The minimum Gasteiger partial charge on any atom is -0.311 e. The van der Waals surface area contributed by atoms with Crippen LogP contribution >= 0.6 is 11.3 Å². The molecule has 2 nitrogen and oxygen atoms in total. The van der Waals surface area contributed by atoms with Gasteiger partial charge in [-0.1, -0.05) is 103 Å². The van der Waals surface area contributed by atoms with Crippen molar-refractivity contribution in [2.75, 3.05) is 9.80 Å². The lowest BCUT2D eigenvalue weighted by atomic mass is 9.36. The molecule has 0 unspecified atom stereocenters. The maximum absolute atomic E-state index is 2.52. The van der Waals surface area contributed by atoms with Gasteiger partial charge in [-0.05, 0) is 70.6 Å². The van der Waals surface area contributed by atoms with E-state index in [4.69, 9.17) is 0 Å². The molecular weight excluding hydrogens is 527 g/mol. The molecule has 0 radical (unpaired) electrons. The van der Waals surface area contributed by atoms with E-state index in [0.717, 1.165) is 0 Å². The average molecular weight is 553 g/mol. The molecule has 2 aliphatic rings. The zero-order chi connectivity index (χ0) is 27.6. The number of benzene rings is 6. The second-order valence-corrected chi connectivity index (χ2v) is 12.0. The van der Waals surface area contributed by atoms with Gasteiger partial charge in [0.05, 0.1) is 5.69 Å². The molecule has 1 aromatic heterocycles. The van der Waals surface area contributed by atoms with Gasteiger partial charge in [0.1, 0.15) is 0 Å². The highest BCUT2D eigenvalue weighted by Gasteiger charge is 2.44. The van der Waals surface area contributed by atoms with Crippen molar-refractivity contribution in [2.24, 2.45) is 0 Å². The summed E-state index contributed by atoms with van der Waals surface area (Å²) < 4.78 is 2.73. The highest BCUT2D eigenvalue weighted by molar-refractivity contribution is 7.33. The van der Waals surface area contributed by atoms with E-state index in [9.17, 15) is 0 Å². The summed E-state index contributed by atoms with van der Waals surface area (Å²) >= 11 is 1.94. The van der Waals surface area contributed by atoms with E-state index in [0.29, 0.717) is 0 Å². The van der Waals surface area contributed by atoms with Crippen LogP contribution in [0, 0.1) is 0 Å². The second kappa shape index (κ2) is 9.23. The molecule has 2 aliphatic heterocycles. The molecule has 0 saturated carbocycles. The lowest BCUT2D eigenvalue weighted by Gasteiger charge is -2.43. The molecule has 0 aliphatic carbocycles. The number of fused-ring (bicyclic) bond motifs is 6. The number of nitrogens with zero attached hydrogens (tertiary/aromatic N) is 2. The van der Waals surface area contributed by atoms with Gasteiger partial charge < -0.3 is 9.80 Å². The number of para-hydroxylation sites is 2. The fraction of sp³-hybridized carbons (Fsp3) is 0. The third-order valence-corrected chi connectivity index (χ3v) is 9.85. The maximum atomic E-state index is 2.52. The molecule has 9 rings (SSSR count). The topological polar surface area (TPSA) is 6.48 Å². The monoisotopic (exact) mass is 552 g/mol. The lowest BCUT2D eigenvalue weighted by Crippen LogP contribution is -2.60. The SMILES string of the molecule is c1ccc(-c2cccc(N3c4cccc5c4B(c4ccccc4N5c4ccccc4)c4sc5ccccc5c43)c2)cc1. The summed E-state index contributed by atoms with van der Waals surface area (Å²) in [5.41, 5.74) is 12.6. The molecule has 4 heteroatoms. The van der Waals surface area contributed by atoms with E-state index >= 15 is 0 Å². The number of thiophene rings is 1. The zero-order valence-corrected chi connectivity index (χ0v) is 23.6. The van der Waals surface area contributed by atoms with E-state index in [1.807, 2.05) is 11.3 Å². The van der Waals surface area contributed by atoms with Gasteiger partial charge in [-0.2, -0.15) is 0 Å². The minimum absolute atomic E-state index is 0.160. The number of hydrogen-bond acceptors (Lipinski definition) is 3. The van der Waals surface area contributed by atoms with Crippen LogP contribution in [0.15, 0.2) is 152 Å². The fourth-order valence-corrected chi connectivity index (χ4v) is 8.21. The third kappa shape index (κ3) is 3.39. The minimum atomic E-state index is 0.160. The van der Waals surface area contributed by atoms with E-state index in [1.165, 1.54) is 71.0 Å². The first-order valence-corrected chi connectivity index (χ1v) is 15.2. The van der Waals surface area contributed by atoms with Gasteiger partial charge in [0.15, 0.2) is 0 Å². The first-order chi connectivity index (χ1) is 20.9. The van der Waals surface area contributed by atoms with E-state index in [1.54, 1.807) is 0 Å². The Morgan fingerprint density at radius 2 is 1.10 bits per heavy atom. The Labute approximate surface area is 249 Å². The predicted molar refractivity (Wildman–Crippen MR) is 181 cm³/mol. The Kier molecular flexibility index (Phi) is 5.20. The normalized spacial score (nSPS) is 13.1. The van der Waals surface area contributed by atoms with Crippen molar-refractivity contribution in [3.8, 4) is 11.1 Å². The molecule has 0 atom stereocenters. The molecule has 0 bridgehead atoms. The van der Waals surface area contributed by atoms with E-state index in [2.05, 4.69) is 161 Å². The Bertz CT molecular complexity index is 2120. The van der Waals surface area contributed by atoms with Crippen LogP contribution in [-0.2, 0) is 0 Å². The van der Waals surface area contributed by atoms with Crippen LogP contribution in [0.4, 0.5) is 34.1 Å². The summed E-state index contributed by atoms with van der Waals surface area (Å²) in [6, 6.07) is 55.2. The number of rotatable bonds is 3. The van der Waals surface area contributed by atoms with Crippen LogP contribution in [-0.4, -0.2) is 6.71 Å². The standard InChI is InChI=1S/C38H25BN2S/c1-3-13-26(14-4-1)27-15-11-18-29(25-27)41-34-23-12-22-33-36(34)39(38-37(41)30-19-7-10-24-35(30)42-38)31-20-8-9-21-32(31)40(33)28-16-5-2-6-17-28/h1-25H. The van der Waals surface area contributed by atoms with Crippen LogP contribution in [0.25, 0.3) is 21.2 Å². The van der Waals surface area contributed by atoms with Crippen molar-refractivity contribution < 1.29 is 0 Å². The van der Waals surface area contributed by atoms with Gasteiger partial charge in [0.25, 0.3) is 6.71 Å². The fourth-order valence-electron chi connectivity index (χ4n) is 6.90. The molecule has 0 fully saturated rings. The average Bonchev–Trinajstić information content (AvgIpc) is 3.45. The summed E-state index contributed by atoms with van der Waals surface area (Å²) in [4.78, 5) is 4.97. The van der Waals surface area contributed by atoms with Gasteiger partial charge in [0, 0.05) is 43.3 Å². The highest BCUT2D eigenvalue weighted by atomic mass is 32.1. The number of hydrogen-bond donors (Lipinski definition) is 0. The Morgan fingerprint density at radius 1 is 0.476 bits per heavy atom. The quantitative estimate of drug-likeness (QED) is 0.203. The van der Waals surface area contributed by atoms with Gasteiger partial charge in [-0.25, -0.2) is 0 Å². The summed E-state index contributed by atoms with van der Waals surface area (Å²) in [7, 11) is 0. The Hall–Kier alpha value is -5.06. The molecule has 0 spiro atoms. The Morgan fingerprint density at radius 3 is 1.95 bits per heavy atom. The van der Waals surface area contributed by atoms with Crippen LogP contribution in [0.5, 0.6) is 0 Å². The molecule has 196 valence electrons. The lowest BCUT2D eigenvalue weighted by molar-refractivity contribution is 1.26. The van der Waals surface area contributed by atoms with Crippen molar-refractivity contribution >= 4 is 78.0 Å². The molecular formula is C38H25BN2S. The van der Waals surface area contributed by atoms with Gasteiger partial charge >= 0.3 is 0 Å². The molecule has 0 N–H and O–H groups in total. The van der Waals surface area contributed by atoms with Crippen molar-refractivity contribution in [2.45, 2.75) is 0 Å². The van der Waals surface area contributed by atoms with Crippen LogP contribution in [0.3, 0.4) is 0 Å². The molecule has 7 aromatic rings. The summed E-state index contributed by atoms with van der Waals surface area (Å²) in [5.74, 6) is 0. The third-order valence-electron chi connectivity index (χ3n) is 8.63. The van der Waals surface area contributed by atoms with Gasteiger partial charge in [-0.15, -0.1) is 11.3 Å². The summed E-state index contributed by atoms with van der Waals surface area (Å²) in [6.45, 7) is 0.160. The van der Waals surface area contributed by atoms with Crippen molar-refractivity contribution in [1.82, 2.24) is 0 Å². The molecule has 0 amide bonds. The molecule has 0 saturated heterocycles. The van der Waals surface area contributed by atoms with Gasteiger partial charge in [0.2, 0.25) is 0 Å². The maximum Gasteiger partial charge on any atom is 0.264 e. The molecule has 42 heavy (non-hydrogen) atoms. The van der Waals surface area contributed by atoms with Crippen LogP contribution in [0.2, 0.25) is 0 Å². The summed E-state index contributed by atoms with van der Waals surface area (Å²) in [6.07, 6.45) is 0. The first-order valence-electron chi connectivity index (χ1n) is 14.4. The largest absolute Gasteiger partial charge is 0.311 e. The second-order valence-electron chi connectivity index (χ2n) is 10.9. The smallest absolute Gasteiger partial charge is 0.264 e. The van der Waals surface area contributed by atoms with E-state index < -0.39 is 0 Å². The Balaban J connectivity index is 1.36. The van der Waals surface area contributed by atoms with Crippen LogP contribution < -0.4 is 25.5 Å². The van der Waals surface area contributed by atoms with Crippen molar-refractivity contribution in [3.63, 3.8) is 0 Å². The molecule has 6 aromatic carbocycles. The van der Waals surface area contributed by atoms with Gasteiger partial charge in [-0.3, -0.25) is 0 Å².